The van der Waals surface area contributed by atoms with Gasteiger partial charge in [0.2, 0.25) is 5.13 Å². The van der Waals surface area contributed by atoms with Crippen molar-refractivity contribution in [3.63, 3.8) is 0 Å². The van der Waals surface area contributed by atoms with Crippen LogP contribution in [0.5, 0.6) is 0 Å². The topological polar surface area (TPSA) is 66.9 Å². The largest absolute Gasteiger partial charge is 0.355 e. The minimum atomic E-state index is -0.266. The standard InChI is InChI=1S/C17H15ClN4OS/c1-10-3-6-13(7-4-10)19-15-9-12(18)5-8-14(15)16(23)20-17-22-21-11(2)24-17/h3-9,19H,1-2H3,(H,20,22,23). The third-order valence-electron chi connectivity index (χ3n) is 3.30. The van der Waals surface area contributed by atoms with E-state index in [0.29, 0.717) is 21.4 Å². The van der Waals surface area contributed by atoms with Gasteiger partial charge in [0, 0.05) is 10.7 Å². The molecule has 3 aromatic rings. The molecule has 7 heteroatoms. The van der Waals surface area contributed by atoms with Gasteiger partial charge in [-0.2, -0.15) is 0 Å². The molecule has 0 bridgehead atoms. The van der Waals surface area contributed by atoms with E-state index in [2.05, 4.69) is 20.8 Å². The fraction of sp³-hybridized carbons (Fsp3) is 0.118. The molecule has 1 amide bonds. The summed E-state index contributed by atoms with van der Waals surface area (Å²) in [5, 5.41) is 15.6. The van der Waals surface area contributed by atoms with Crippen LogP contribution in [-0.2, 0) is 0 Å². The Bertz CT molecular complexity index is 877. The van der Waals surface area contributed by atoms with Crippen molar-refractivity contribution >= 4 is 45.4 Å². The molecule has 0 spiro atoms. The van der Waals surface area contributed by atoms with E-state index in [9.17, 15) is 4.79 Å². The number of hydrogen-bond donors (Lipinski definition) is 2. The summed E-state index contributed by atoms with van der Waals surface area (Å²) in [6.45, 7) is 3.85. The summed E-state index contributed by atoms with van der Waals surface area (Å²) >= 11 is 7.41. The number of benzene rings is 2. The van der Waals surface area contributed by atoms with Gasteiger partial charge in [0.1, 0.15) is 5.01 Å². The second kappa shape index (κ2) is 6.98. The zero-order valence-electron chi connectivity index (χ0n) is 13.1. The van der Waals surface area contributed by atoms with E-state index in [1.807, 2.05) is 38.1 Å². The molecule has 0 radical (unpaired) electrons. The van der Waals surface area contributed by atoms with Gasteiger partial charge in [-0.05, 0) is 44.2 Å². The molecular formula is C17H15ClN4OS. The molecule has 1 aromatic heterocycles. The van der Waals surface area contributed by atoms with E-state index in [-0.39, 0.29) is 5.91 Å². The first-order valence-corrected chi connectivity index (χ1v) is 8.45. The smallest absolute Gasteiger partial charge is 0.259 e. The van der Waals surface area contributed by atoms with Crippen molar-refractivity contribution in [2.45, 2.75) is 13.8 Å². The molecule has 24 heavy (non-hydrogen) atoms. The maximum atomic E-state index is 12.5. The summed E-state index contributed by atoms with van der Waals surface area (Å²) in [4.78, 5) is 12.5. The minimum Gasteiger partial charge on any atom is -0.355 e. The number of aryl methyl sites for hydroxylation is 2. The van der Waals surface area contributed by atoms with Gasteiger partial charge in [-0.3, -0.25) is 10.1 Å². The minimum absolute atomic E-state index is 0.266. The van der Waals surface area contributed by atoms with Gasteiger partial charge in [-0.1, -0.05) is 40.6 Å². The lowest BCUT2D eigenvalue weighted by atomic mass is 10.1. The van der Waals surface area contributed by atoms with Crippen LogP contribution >= 0.6 is 22.9 Å². The zero-order chi connectivity index (χ0) is 17.1. The molecule has 0 fully saturated rings. The Morgan fingerprint density at radius 1 is 1.08 bits per heavy atom. The zero-order valence-corrected chi connectivity index (χ0v) is 14.7. The maximum absolute atomic E-state index is 12.5. The van der Waals surface area contributed by atoms with Crippen LogP contribution in [-0.4, -0.2) is 16.1 Å². The Morgan fingerprint density at radius 3 is 2.50 bits per heavy atom. The van der Waals surface area contributed by atoms with Crippen molar-refractivity contribution in [1.29, 1.82) is 0 Å². The summed E-state index contributed by atoms with van der Waals surface area (Å²) in [6, 6.07) is 13.0. The summed E-state index contributed by atoms with van der Waals surface area (Å²) < 4.78 is 0. The number of nitrogens with one attached hydrogen (secondary N) is 2. The predicted molar refractivity (Wildman–Crippen MR) is 98.5 cm³/mol. The highest BCUT2D eigenvalue weighted by Gasteiger charge is 2.14. The third-order valence-corrected chi connectivity index (χ3v) is 4.29. The van der Waals surface area contributed by atoms with Gasteiger partial charge in [0.15, 0.2) is 0 Å². The number of aromatic nitrogens is 2. The summed E-state index contributed by atoms with van der Waals surface area (Å²) in [5.41, 5.74) is 3.15. The quantitative estimate of drug-likeness (QED) is 0.702. The molecule has 0 aliphatic heterocycles. The van der Waals surface area contributed by atoms with Crippen LogP contribution in [0.1, 0.15) is 20.9 Å². The fourth-order valence-electron chi connectivity index (χ4n) is 2.12. The Labute approximate surface area is 148 Å². The molecule has 0 atom stereocenters. The van der Waals surface area contributed by atoms with Crippen LogP contribution < -0.4 is 10.6 Å². The molecule has 0 aliphatic rings. The SMILES string of the molecule is Cc1ccc(Nc2cc(Cl)ccc2C(=O)Nc2nnc(C)s2)cc1. The molecule has 0 aliphatic carbocycles. The van der Waals surface area contributed by atoms with Crippen molar-refractivity contribution in [2.24, 2.45) is 0 Å². The van der Waals surface area contributed by atoms with Gasteiger partial charge >= 0.3 is 0 Å². The fourth-order valence-corrected chi connectivity index (χ4v) is 2.88. The van der Waals surface area contributed by atoms with Gasteiger partial charge in [0.25, 0.3) is 5.91 Å². The van der Waals surface area contributed by atoms with Crippen molar-refractivity contribution < 1.29 is 4.79 Å². The lowest BCUT2D eigenvalue weighted by Crippen LogP contribution is -2.13. The molecule has 122 valence electrons. The second-order valence-electron chi connectivity index (χ2n) is 5.26. The Kier molecular flexibility index (Phi) is 4.78. The average Bonchev–Trinajstić information content (AvgIpc) is 2.94. The van der Waals surface area contributed by atoms with E-state index < -0.39 is 0 Å². The van der Waals surface area contributed by atoms with Crippen molar-refractivity contribution in [3.05, 3.63) is 63.6 Å². The molecule has 0 saturated heterocycles. The van der Waals surface area contributed by atoms with Crippen LogP contribution in [0.25, 0.3) is 0 Å². The van der Waals surface area contributed by atoms with Crippen LogP contribution in [0.15, 0.2) is 42.5 Å². The Balaban J connectivity index is 1.87. The van der Waals surface area contributed by atoms with Gasteiger partial charge in [0.05, 0.1) is 11.3 Å². The average molecular weight is 359 g/mol. The molecular weight excluding hydrogens is 344 g/mol. The Morgan fingerprint density at radius 2 is 1.83 bits per heavy atom. The number of anilines is 3. The monoisotopic (exact) mass is 358 g/mol. The van der Waals surface area contributed by atoms with Crippen molar-refractivity contribution in [1.82, 2.24) is 10.2 Å². The van der Waals surface area contributed by atoms with Gasteiger partial charge < -0.3 is 5.32 Å². The van der Waals surface area contributed by atoms with E-state index in [1.54, 1.807) is 18.2 Å². The molecule has 0 unspecified atom stereocenters. The number of nitrogens with zero attached hydrogens (tertiary/aromatic N) is 2. The highest BCUT2D eigenvalue weighted by Crippen LogP contribution is 2.26. The number of halogens is 1. The van der Waals surface area contributed by atoms with Crippen LogP contribution in [0.2, 0.25) is 5.02 Å². The molecule has 2 aromatic carbocycles. The predicted octanol–water partition coefficient (Wildman–Crippen LogP) is 4.80. The molecule has 2 N–H and O–H groups in total. The lowest BCUT2D eigenvalue weighted by Gasteiger charge is -2.12. The van der Waals surface area contributed by atoms with E-state index >= 15 is 0 Å². The molecule has 3 rings (SSSR count). The van der Waals surface area contributed by atoms with Crippen LogP contribution in [0.4, 0.5) is 16.5 Å². The number of hydrogen-bond acceptors (Lipinski definition) is 5. The molecule has 1 heterocycles. The van der Waals surface area contributed by atoms with Gasteiger partial charge in [-0.15, -0.1) is 10.2 Å². The summed E-state index contributed by atoms with van der Waals surface area (Å²) in [5.74, 6) is -0.266. The van der Waals surface area contributed by atoms with E-state index in [4.69, 9.17) is 11.6 Å². The van der Waals surface area contributed by atoms with E-state index in [0.717, 1.165) is 16.3 Å². The first kappa shape index (κ1) is 16.4. The first-order chi connectivity index (χ1) is 11.5. The summed E-state index contributed by atoms with van der Waals surface area (Å²) in [6.07, 6.45) is 0. The molecule has 0 saturated carbocycles. The van der Waals surface area contributed by atoms with Gasteiger partial charge in [-0.25, -0.2) is 0 Å². The second-order valence-corrected chi connectivity index (χ2v) is 6.88. The van der Waals surface area contributed by atoms with Crippen LogP contribution in [0, 0.1) is 13.8 Å². The highest BCUT2D eigenvalue weighted by atomic mass is 35.5. The lowest BCUT2D eigenvalue weighted by molar-refractivity contribution is 0.102. The highest BCUT2D eigenvalue weighted by molar-refractivity contribution is 7.15. The van der Waals surface area contributed by atoms with Crippen molar-refractivity contribution in [2.75, 3.05) is 10.6 Å². The Hall–Kier alpha value is -2.44. The first-order valence-electron chi connectivity index (χ1n) is 7.26. The maximum Gasteiger partial charge on any atom is 0.259 e. The summed E-state index contributed by atoms with van der Waals surface area (Å²) in [7, 11) is 0. The number of carbonyl (C=O) groups excluding carboxylic acids is 1. The third kappa shape index (κ3) is 3.90. The normalized spacial score (nSPS) is 10.5. The van der Waals surface area contributed by atoms with Crippen LogP contribution in [0.3, 0.4) is 0 Å². The molecule has 5 nitrogen and oxygen atoms in total. The van der Waals surface area contributed by atoms with E-state index in [1.165, 1.54) is 11.3 Å². The van der Waals surface area contributed by atoms with Crippen molar-refractivity contribution in [3.8, 4) is 0 Å². The number of carbonyl (C=O) groups is 1. The number of amides is 1. The number of rotatable bonds is 4.